The van der Waals surface area contributed by atoms with Crippen molar-refractivity contribution in [1.29, 1.82) is 0 Å². The maximum absolute atomic E-state index is 13.6. The molecule has 15 heteroatoms. The number of hydrogen-bond acceptors (Lipinski definition) is 9. The predicted molar refractivity (Wildman–Crippen MR) is 140 cm³/mol. The third-order valence-corrected chi connectivity index (χ3v) is 8.44. The fourth-order valence-corrected chi connectivity index (χ4v) is 5.44. The van der Waals surface area contributed by atoms with Gasteiger partial charge in [-0.15, -0.1) is 5.10 Å². The van der Waals surface area contributed by atoms with Gasteiger partial charge in [-0.05, 0) is 59.8 Å². The minimum absolute atomic E-state index is 0.0666. The minimum atomic E-state index is -3.96. The summed E-state index contributed by atoms with van der Waals surface area (Å²) in [7, 11) is -2.56. The number of nitrogens with one attached hydrogen (secondary N) is 1. The van der Waals surface area contributed by atoms with Crippen molar-refractivity contribution in [3.8, 4) is 5.75 Å². The van der Waals surface area contributed by atoms with Crippen molar-refractivity contribution in [2.45, 2.75) is 37.4 Å². The van der Waals surface area contributed by atoms with Gasteiger partial charge in [-0.3, -0.25) is 9.59 Å². The van der Waals surface area contributed by atoms with Crippen molar-refractivity contribution in [3.05, 3.63) is 60.2 Å². The topological polar surface area (TPSA) is 160 Å². The second kappa shape index (κ2) is 12.1. The van der Waals surface area contributed by atoms with E-state index in [4.69, 9.17) is 4.74 Å². The molecule has 1 aromatic heterocycles. The molecule has 13 nitrogen and oxygen atoms in total. The van der Waals surface area contributed by atoms with Gasteiger partial charge < -0.3 is 20.1 Å². The molecule has 0 saturated carbocycles. The van der Waals surface area contributed by atoms with E-state index in [1.807, 2.05) is 6.92 Å². The summed E-state index contributed by atoms with van der Waals surface area (Å²) in [6.07, 6.45) is 0.598. The number of carbonyl (C=O) groups excluding carboxylic acids is 2. The summed E-state index contributed by atoms with van der Waals surface area (Å²) in [4.78, 5) is 27.5. The van der Waals surface area contributed by atoms with Crippen LogP contribution in [-0.4, -0.2) is 93.6 Å². The van der Waals surface area contributed by atoms with Crippen molar-refractivity contribution in [2.24, 2.45) is 5.92 Å². The minimum Gasteiger partial charge on any atom is -0.488 e. The molecule has 0 saturated heterocycles. The number of fused-ring (bicyclic) bond motifs is 1. The highest BCUT2D eigenvalue weighted by Gasteiger charge is 2.35. The van der Waals surface area contributed by atoms with Crippen molar-refractivity contribution in [3.63, 3.8) is 0 Å². The molecule has 2 heterocycles. The number of aromatic nitrogens is 4. The lowest BCUT2D eigenvalue weighted by Gasteiger charge is -2.38. The van der Waals surface area contributed by atoms with E-state index in [1.54, 1.807) is 13.0 Å². The Morgan fingerprint density at radius 1 is 1.27 bits per heavy atom. The van der Waals surface area contributed by atoms with E-state index in [1.165, 1.54) is 47.2 Å². The Morgan fingerprint density at radius 3 is 2.65 bits per heavy atom. The van der Waals surface area contributed by atoms with Crippen LogP contribution in [0.2, 0.25) is 0 Å². The SMILES string of the molecule is C[C@@H]1CN([C@H](C)CO)C(=O)c2cc(NC(=O)Cn3cnnn3)ccc2O[C@H]1CN(C)S(=O)(=O)c1ccc(F)cc1. The Labute approximate surface area is 230 Å². The number of halogens is 1. The Bertz CT molecular complexity index is 1450. The largest absolute Gasteiger partial charge is 0.488 e. The van der Waals surface area contributed by atoms with E-state index in [0.29, 0.717) is 5.69 Å². The zero-order chi connectivity index (χ0) is 29.0. The molecule has 0 aliphatic carbocycles. The number of anilines is 1. The lowest BCUT2D eigenvalue weighted by Crippen LogP contribution is -2.50. The third-order valence-electron chi connectivity index (χ3n) is 6.60. The molecule has 2 amide bonds. The first-order valence-electron chi connectivity index (χ1n) is 12.4. The lowest BCUT2D eigenvalue weighted by molar-refractivity contribution is -0.116. The number of sulfonamides is 1. The molecular formula is C25H30FN7O6S. The van der Waals surface area contributed by atoms with Gasteiger partial charge in [0.05, 0.1) is 29.7 Å². The second-order valence-corrected chi connectivity index (χ2v) is 11.7. The van der Waals surface area contributed by atoms with E-state index < -0.39 is 39.8 Å². The van der Waals surface area contributed by atoms with Gasteiger partial charge in [-0.25, -0.2) is 17.5 Å². The monoisotopic (exact) mass is 575 g/mol. The number of benzene rings is 2. The lowest BCUT2D eigenvalue weighted by atomic mass is 9.99. The average molecular weight is 576 g/mol. The molecule has 1 aliphatic heterocycles. The molecule has 3 aromatic rings. The zero-order valence-electron chi connectivity index (χ0n) is 22.1. The average Bonchev–Trinajstić information content (AvgIpc) is 3.43. The highest BCUT2D eigenvalue weighted by Crippen LogP contribution is 2.31. The second-order valence-electron chi connectivity index (χ2n) is 9.63. The quantitative estimate of drug-likeness (QED) is 0.379. The summed E-state index contributed by atoms with van der Waals surface area (Å²) in [5.41, 5.74) is 0.466. The Balaban J connectivity index is 1.62. The van der Waals surface area contributed by atoms with E-state index in [9.17, 15) is 27.5 Å². The van der Waals surface area contributed by atoms with Gasteiger partial charge in [0.2, 0.25) is 15.9 Å². The number of likely N-dealkylation sites (N-methyl/N-ethyl adjacent to an activating group) is 1. The van der Waals surface area contributed by atoms with Crippen LogP contribution < -0.4 is 10.1 Å². The van der Waals surface area contributed by atoms with Crippen LogP contribution >= 0.6 is 0 Å². The molecule has 0 spiro atoms. The van der Waals surface area contributed by atoms with Gasteiger partial charge >= 0.3 is 0 Å². The van der Waals surface area contributed by atoms with Crippen LogP contribution in [0, 0.1) is 11.7 Å². The summed E-state index contributed by atoms with van der Waals surface area (Å²) in [5.74, 6) is -1.53. The number of rotatable bonds is 9. The van der Waals surface area contributed by atoms with Gasteiger partial charge in [0.25, 0.3) is 5.91 Å². The maximum Gasteiger partial charge on any atom is 0.258 e. The van der Waals surface area contributed by atoms with Crippen LogP contribution in [0.25, 0.3) is 0 Å². The molecule has 2 N–H and O–H groups in total. The standard InChI is InChI=1S/C25H30FN7O6S/c1-16-11-33(17(2)14-34)25(36)21-10-19(28-24(35)13-32-15-27-29-30-32)6-9-22(21)39-23(16)12-31(3)40(37,38)20-7-4-18(26)5-8-20/h4-10,15-17,23,34H,11-14H2,1-3H3,(H,28,35)/t16-,17-,23+/m1/s1. The molecule has 0 radical (unpaired) electrons. The number of nitrogens with zero attached hydrogens (tertiary/aromatic N) is 6. The molecule has 4 rings (SSSR count). The van der Waals surface area contributed by atoms with Crippen LogP contribution in [0.4, 0.5) is 10.1 Å². The number of ether oxygens (including phenoxy) is 1. The van der Waals surface area contributed by atoms with E-state index in [0.717, 1.165) is 16.4 Å². The number of amides is 2. The number of carbonyl (C=O) groups is 2. The fourth-order valence-electron chi connectivity index (χ4n) is 4.26. The maximum atomic E-state index is 13.6. The molecule has 3 atom stereocenters. The Hall–Kier alpha value is -3.95. The highest BCUT2D eigenvalue weighted by molar-refractivity contribution is 7.89. The first-order valence-corrected chi connectivity index (χ1v) is 13.9. The van der Waals surface area contributed by atoms with Crippen LogP contribution in [0.5, 0.6) is 5.75 Å². The van der Waals surface area contributed by atoms with Crippen LogP contribution in [0.1, 0.15) is 24.2 Å². The van der Waals surface area contributed by atoms with Crippen LogP contribution in [-0.2, 0) is 21.4 Å². The first kappa shape index (κ1) is 29.0. The first-order chi connectivity index (χ1) is 19.0. The summed E-state index contributed by atoms with van der Waals surface area (Å²) in [5, 5.41) is 23.1. The molecule has 40 heavy (non-hydrogen) atoms. The van der Waals surface area contributed by atoms with E-state index in [-0.39, 0.29) is 48.4 Å². The summed E-state index contributed by atoms with van der Waals surface area (Å²) in [6, 6.07) is 8.55. The molecule has 2 aromatic carbocycles. The molecule has 0 fully saturated rings. The molecule has 1 aliphatic rings. The van der Waals surface area contributed by atoms with Crippen molar-refractivity contribution in [1.82, 2.24) is 29.4 Å². The van der Waals surface area contributed by atoms with Gasteiger partial charge in [0.1, 0.15) is 30.5 Å². The fraction of sp³-hybridized carbons (Fsp3) is 0.400. The van der Waals surface area contributed by atoms with Crippen molar-refractivity contribution >= 4 is 27.5 Å². The van der Waals surface area contributed by atoms with Gasteiger partial charge in [-0.2, -0.15) is 4.31 Å². The summed E-state index contributed by atoms with van der Waals surface area (Å²) >= 11 is 0. The zero-order valence-corrected chi connectivity index (χ0v) is 23.0. The van der Waals surface area contributed by atoms with Crippen molar-refractivity contribution < 1.29 is 32.2 Å². The van der Waals surface area contributed by atoms with Crippen molar-refractivity contribution in [2.75, 3.05) is 32.1 Å². The third kappa shape index (κ3) is 6.43. The van der Waals surface area contributed by atoms with Crippen LogP contribution in [0.15, 0.2) is 53.7 Å². The molecule has 0 bridgehead atoms. The number of hydrogen-bond donors (Lipinski definition) is 2. The smallest absolute Gasteiger partial charge is 0.258 e. The summed E-state index contributed by atoms with van der Waals surface area (Å²) < 4.78 is 48.3. The number of aliphatic hydroxyl groups is 1. The summed E-state index contributed by atoms with van der Waals surface area (Å²) in [6.45, 7) is 3.19. The van der Waals surface area contributed by atoms with Gasteiger partial charge in [0, 0.05) is 25.2 Å². The number of aliphatic hydroxyl groups excluding tert-OH is 1. The van der Waals surface area contributed by atoms with E-state index >= 15 is 0 Å². The Kier molecular flexibility index (Phi) is 8.76. The van der Waals surface area contributed by atoms with Gasteiger partial charge in [-0.1, -0.05) is 6.92 Å². The van der Waals surface area contributed by atoms with Crippen LogP contribution in [0.3, 0.4) is 0 Å². The molecule has 0 unspecified atom stereocenters. The predicted octanol–water partition coefficient (Wildman–Crippen LogP) is 0.992. The normalized spacial score (nSPS) is 18.4. The Morgan fingerprint density at radius 2 is 2.00 bits per heavy atom. The molecular weight excluding hydrogens is 545 g/mol. The highest BCUT2D eigenvalue weighted by atomic mass is 32.2. The van der Waals surface area contributed by atoms with Gasteiger partial charge in [0.15, 0.2) is 0 Å². The number of tetrazole rings is 1. The molecule has 214 valence electrons. The van der Waals surface area contributed by atoms with E-state index in [2.05, 4.69) is 20.8 Å².